The lowest BCUT2D eigenvalue weighted by Crippen LogP contribution is -2.51. The predicted molar refractivity (Wildman–Crippen MR) is 139 cm³/mol. The Morgan fingerprint density at radius 3 is 2.81 bits per heavy atom. The SMILES string of the molecule is CN=C(NCCCNC(=O)c1occc1C)NC1CCCN(c2cccc(OC)c2)C1.I. The molecule has 3 rings (SSSR count). The highest BCUT2D eigenvalue weighted by molar-refractivity contribution is 14.0. The number of nitrogens with zero attached hydrogens (tertiary/aromatic N) is 2. The van der Waals surface area contributed by atoms with Crippen LogP contribution in [-0.2, 0) is 0 Å². The molecule has 176 valence electrons. The van der Waals surface area contributed by atoms with Crippen molar-refractivity contribution in [3.05, 3.63) is 47.9 Å². The summed E-state index contributed by atoms with van der Waals surface area (Å²) >= 11 is 0. The van der Waals surface area contributed by atoms with E-state index in [9.17, 15) is 4.79 Å². The quantitative estimate of drug-likeness (QED) is 0.201. The molecule has 1 amide bonds. The first-order valence-electron chi connectivity index (χ1n) is 10.8. The van der Waals surface area contributed by atoms with Crippen LogP contribution in [0, 0.1) is 6.92 Å². The van der Waals surface area contributed by atoms with Crippen LogP contribution in [0.2, 0.25) is 0 Å². The summed E-state index contributed by atoms with van der Waals surface area (Å²) < 4.78 is 10.6. The number of aryl methyl sites for hydroxylation is 1. The number of aliphatic imine (C=N–C) groups is 1. The van der Waals surface area contributed by atoms with Gasteiger partial charge < -0.3 is 30.0 Å². The second-order valence-corrected chi connectivity index (χ2v) is 7.67. The third kappa shape index (κ3) is 7.32. The number of carbonyl (C=O) groups excluding carboxylic acids is 1. The summed E-state index contributed by atoms with van der Waals surface area (Å²) in [5, 5.41) is 9.74. The number of guanidine groups is 1. The second kappa shape index (κ2) is 13.2. The van der Waals surface area contributed by atoms with Crippen molar-refractivity contribution in [3.8, 4) is 5.75 Å². The molecule has 3 N–H and O–H groups in total. The van der Waals surface area contributed by atoms with E-state index in [-0.39, 0.29) is 29.9 Å². The van der Waals surface area contributed by atoms with Gasteiger partial charge in [0.25, 0.3) is 5.91 Å². The zero-order chi connectivity index (χ0) is 22.1. The topological polar surface area (TPSA) is 91.1 Å². The summed E-state index contributed by atoms with van der Waals surface area (Å²) in [5.41, 5.74) is 2.02. The van der Waals surface area contributed by atoms with Crippen molar-refractivity contribution in [2.45, 2.75) is 32.2 Å². The Morgan fingerprint density at radius 2 is 2.09 bits per heavy atom. The molecule has 2 aromatic rings. The Kier molecular flexibility index (Phi) is 10.6. The van der Waals surface area contributed by atoms with Gasteiger partial charge in [-0.15, -0.1) is 24.0 Å². The second-order valence-electron chi connectivity index (χ2n) is 7.67. The van der Waals surface area contributed by atoms with E-state index in [1.165, 1.54) is 12.0 Å². The molecule has 0 radical (unpaired) electrons. The molecular formula is C23H34IN5O3. The lowest BCUT2D eigenvalue weighted by Gasteiger charge is -2.35. The van der Waals surface area contributed by atoms with Crippen LogP contribution in [0.3, 0.4) is 0 Å². The Bertz CT molecular complexity index is 886. The number of amides is 1. The molecule has 1 aromatic carbocycles. The number of piperidine rings is 1. The third-order valence-electron chi connectivity index (χ3n) is 5.40. The van der Waals surface area contributed by atoms with E-state index in [0.717, 1.165) is 49.6 Å². The Labute approximate surface area is 207 Å². The molecule has 1 atom stereocenters. The molecule has 32 heavy (non-hydrogen) atoms. The fourth-order valence-electron chi connectivity index (χ4n) is 3.71. The summed E-state index contributed by atoms with van der Waals surface area (Å²) in [7, 11) is 3.47. The molecular weight excluding hydrogens is 521 g/mol. The van der Waals surface area contributed by atoms with Gasteiger partial charge in [-0.3, -0.25) is 9.79 Å². The zero-order valence-corrected chi connectivity index (χ0v) is 21.3. The highest BCUT2D eigenvalue weighted by atomic mass is 127. The van der Waals surface area contributed by atoms with Gasteiger partial charge in [-0.1, -0.05) is 6.07 Å². The van der Waals surface area contributed by atoms with Crippen LogP contribution in [0.1, 0.15) is 35.4 Å². The number of methoxy groups -OCH3 is 1. The average Bonchev–Trinajstić information content (AvgIpc) is 3.24. The summed E-state index contributed by atoms with van der Waals surface area (Å²) in [6, 6.07) is 10.3. The van der Waals surface area contributed by atoms with Crippen LogP contribution in [0.4, 0.5) is 5.69 Å². The number of benzene rings is 1. The van der Waals surface area contributed by atoms with E-state index >= 15 is 0 Å². The number of nitrogens with one attached hydrogen (secondary N) is 3. The molecule has 1 aliphatic heterocycles. The van der Waals surface area contributed by atoms with Gasteiger partial charge in [-0.25, -0.2) is 0 Å². The smallest absolute Gasteiger partial charge is 0.287 e. The lowest BCUT2D eigenvalue weighted by atomic mass is 10.0. The van der Waals surface area contributed by atoms with Crippen molar-refractivity contribution in [2.75, 3.05) is 45.2 Å². The predicted octanol–water partition coefficient (Wildman–Crippen LogP) is 3.17. The molecule has 9 heteroatoms. The first-order chi connectivity index (χ1) is 15.1. The molecule has 0 aliphatic carbocycles. The van der Waals surface area contributed by atoms with Crippen LogP contribution in [0.15, 0.2) is 46.0 Å². The highest BCUT2D eigenvalue weighted by Crippen LogP contribution is 2.24. The van der Waals surface area contributed by atoms with Crippen LogP contribution < -0.4 is 25.6 Å². The van der Waals surface area contributed by atoms with Gasteiger partial charge >= 0.3 is 0 Å². The normalized spacial score (nSPS) is 16.2. The number of halogens is 1. The first kappa shape index (κ1) is 25.8. The van der Waals surface area contributed by atoms with Gasteiger partial charge in [-0.05, 0) is 44.4 Å². The minimum absolute atomic E-state index is 0. The van der Waals surface area contributed by atoms with E-state index in [1.807, 2.05) is 19.1 Å². The van der Waals surface area contributed by atoms with Crippen molar-refractivity contribution in [3.63, 3.8) is 0 Å². The van der Waals surface area contributed by atoms with Gasteiger partial charge in [0.1, 0.15) is 5.75 Å². The Balaban J connectivity index is 0.00000363. The summed E-state index contributed by atoms with van der Waals surface area (Å²) in [6.07, 6.45) is 4.53. The molecule has 0 saturated carbocycles. The molecule has 1 unspecified atom stereocenters. The van der Waals surface area contributed by atoms with Gasteiger partial charge in [0.2, 0.25) is 0 Å². The van der Waals surface area contributed by atoms with Crippen LogP contribution in [0.5, 0.6) is 5.75 Å². The van der Waals surface area contributed by atoms with E-state index in [2.05, 4.69) is 38.0 Å². The number of carbonyl (C=O) groups is 1. The van der Waals surface area contributed by atoms with Gasteiger partial charge in [0, 0.05) is 56.6 Å². The minimum Gasteiger partial charge on any atom is -0.497 e. The standard InChI is InChI=1S/C23H33N5O3.HI/c1-17-10-14-31-21(17)22(29)25-11-6-12-26-23(24-2)27-18-7-5-13-28(16-18)19-8-4-9-20(15-19)30-3;/h4,8-10,14-15,18H,5-7,11-13,16H2,1-3H3,(H,25,29)(H2,24,26,27);1H. The lowest BCUT2D eigenvalue weighted by molar-refractivity contribution is 0.0925. The molecule has 1 aromatic heterocycles. The third-order valence-corrected chi connectivity index (χ3v) is 5.40. The van der Waals surface area contributed by atoms with Gasteiger partial charge in [0.15, 0.2) is 11.7 Å². The van der Waals surface area contributed by atoms with Gasteiger partial charge in [-0.2, -0.15) is 0 Å². The number of rotatable bonds is 8. The van der Waals surface area contributed by atoms with Crippen LogP contribution >= 0.6 is 24.0 Å². The maximum atomic E-state index is 12.1. The molecule has 1 saturated heterocycles. The minimum atomic E-state index is -0.176. The van der Waals surface area contributed by atoms with Gasteiger partial charge in [0.05, 0.1) is 13.4 Å². The van der Waals surface area contributed by atoms with E-state index in [4.69, 9.17) is 9.15 Å². The summed E-state index contributed by atoms with van der Waals surface area (Å²) in [5.74, 6) is 1.86. The summed E-state index contributed by atoms with van der Waals surface area (Å²) in [4.78, 5) is 18.8. The van der Waals surface area contributed by atoms with Crippen molar-refractivity contribution in [1.29, 1.82) is 0 Å². The molecule has 2 heterocycles. The highest BCUT2D eigenvalue weighted by Gasteiger charge is 2.21. The number of hydrogen-bond donors (Lipinski definition) is 3. The molecule has 1 fully saturated rings. The van der Waals surface area contributed by atoms with E-state index in [1.54, 1.807) is 20.2 Å². The monoisotopic (exact) mass is 555 g/mol. The zero-order valence-electron chi connectivity index (χ0n) is 19.0. The van der Waals surface area contributed by atoms with Crippen molar-refractivity contribution in [1.82, 2.24) is 16.0 Å². The maximum absolute atomic E-state index is 12.1. The Hall–Kier alpha value is -2.43. The number of ether oxygens (including phenoxy) is 1. The molecule has 0 spiro atoms. The van der Waals surface area contributed by atoms with Crippen molar-refractivity contribution in [2.24, 2.45) is 4.99 Å². The number of furan rings is 1. The molecule has 8 nitrogen and oxygen atoms in total. The van der Waals surface area contributed by atoms with Crippen LogP contribution in [0.25, 0.3) is 0 Å². The van der Waals surface area contributed by atoms with E-state index < -0.39 is 0 Å². The largest absolute Gasteiger partial charge is 0.497 e. The van der Waals surface area contributed by atoms with Crippen molar-refractivity contribution >= 4 is 41.5 Å². The average molecular weight is 555 g/mol. The number of anilines is 1. The fraction of sp³-hybridized carbons (Fsp3) is 0.478. The van der Waals surface area contributed by atoms with Crippen molar-refractivity contribution < 1.29 is 13.9 Å². The summed E-state index contributed by atoms with van der Waals surface area (Å²) in [6.45, 7) is 5.08. The first-order valence-corrected chi connectivity index (χ1v) is 10.8. The Morgan fingerprint density at radius 1 is 1.28 bits per heavy atom. The fourth-order valence-corrected chi connectivity index (χ4v) is 3.71. The van der Waals surface area contributed by atoms with E-state index in [0.29, 0.717) is 24.9 Å². The molecule has 1 aliphatic rings. The number of hydrogen-bond acceptors (Lipinski definition) is 5. The maximum Gasteiger partial charge on any atom is 0.287 e. The van der Waals surface area contributed by atoms with Crippen LogP contribution in [-0.4, -0.2) is 58.2 Å². The molecule has 0 bridgehead atoms.